The van der Waals surface area contributed by atoms with Crippen molar-refractivity contribution in [1.82, 2.24) is 4.90 Å². The molecule has 0 atom stereocenters. The van der Waals surface area contributed by atoms with Crippen LogP contribution in [0.15, 0.2) is 65.1 Å². The summed E-state index contributed by atoms with van der Waals surface area (Å²) in [7, 11) is 0. The minimum absolute atomic E-state index is 0.0361. The molecule has 0 saturated carbocycles. The molecule has 2 amide bonds. The summed E-state index contributed by atoms with van der Waals surface area (Å²) in [5.41, 5.74) is 2.73. The van der Waals surface area contributed by atoms with Gasteiger partial charge in [0, 0.05) is 47.8 Å². The molecule has 2 aromatic carbocycles. The third kappa shape index (κ3) is 4.52. The number of hydrogen-bond donors (Lipinski definition) is 1. The highest BCUT2D eigenvalue weighted by molar-refractivity contribution is 6.20. The molecule has 1 aromatic heterocycles. The lowest BCUT2D eigenvalue weighted by Crippen LogP contribution is -2.35. The summed E-state index contributed by atoms with van der Waals surface area (Å²) >= 11 is 5.88. The summed E-state index contributed by atoms with van der Waals surface area (Å²) in [6.45, 7) is 4.79. The van der Waals surface area contributed by atoms with E-state index in [2.05, 4.69) is 5.32 Å². The van der Waals surface area contributed by atoms with Crippen LogP contribution in [0.5, 0.6) is 0 Å². The Bertz CT molecular complexity index is 1090. The maximum Gasteiger partial charge on any atom is 0.254 e. The van der Waals surface area contributed by atoms with Gasteiger partial charge in [-0.15, -0.1) is 11.6 Å². The number of nitrogens with one attached hydrogen (secondary N) is 1. The van der Waals surface area contributed by atoms with Crippen molar-refractivity contribution in [3.05, 3.63) is 77.6 Å². The highest BCUT2D eigenvalue weighted by atomic mass is 35.5. The molecule has 0 fully saturated rings. The third-order valence-corrected chi connectivity index (χ3v) is 6.22. The number of amides is 2. The molecule has 2 heterocycles. The molecule has 5 nitrogen and oxygen atoms in total. The lowest BCUT2D eigenvalue weighted by molar-refractivity contribution is -0.122. The van der Waals surface area contributed by atoms with Crippen LogP contribution in [0.4, 0.5) is 5.69 Å². The van der Waals surface area contributed by atoms with Gasteiger partial charge < -0.3 is 14.6 Å². The van der Waals surface area contributed by atoms with Gasteiger partial charge in [-0.25, -0.2) is 0 Å². The van der Waals surface area contributed by atoms with Gasteiger partial charge in [0.2, 0.25) is 5.91 Å². The van der Waals surface area contributed by atoms with Crippen LogP contribution in [-0.4, -0.2) is 29.1 Å². The van der Waals surface area contributed by atoms with E-state index in [0.29, 0.717) is 30.8 Å². The Morgan fingerprint density at radius 1 is 1.10 bits per heavy atom. The van der Waals surface area contributed by atoms with Gasteiger partial charge in [-0.3, -0.25) is 9.59 Å². The molecule has 1 aliphatic heterocycles. The van der Waals surface area contributed by atoms with Crippen LogP contribution in [0.25, 0.3) is 11.3 Å². The van der Waals surface area contributed by atoms with Gasteiger partial charge in [0.05, 0.1) is 5.41 Å². The maximum atomic E-state index is 12.8. The standard InChI is InChI=1S/C25H25ClN2O3/c1-25(2,16-26)24(30)27-20-10-8-17(9-11-20)22-14-19-15-28(13-12-21(19)31-22)23(29)18-6-4-3-5-7-18/h3-11,14H,12-13,15-16H2,1-2H3,(H,27,30). The SMILES string of the molecule is CC(C)(CCl)C(=O)Nc1ccc(-c2cc3c(o2)CCN(C(=O)c2ccccc2)C3)cc1. The van der Waals surface area contributed by atoms with E-state index >= 15 is 0 Å². The van der Waals surface area contributed by atoms with Gasteiger partial charge in [0.1, 0.15) is 11.5 Å². The molecule has 1 aliphatic rings. The molecule has 0 aliphatic carbocycles. The molecule has 0 radical (unpaired) electrons. The monoisotopic (exact) mass is 436 g/mol. The maximum absolute atomic E-state index is 12.8. The van der Waals surface area contributed by atoms with Crippen LogP contribution >= 0.6 is 11.6 Å². The Hall–Kier alpha value is -3.05. The first-order valence-corrected chi connectivity index (χ1v) is 10.8. The van der Waals surface area contributed by atoms with Crippen LogP contribution in [-0.2, 0) is 17.8 Å². The minimum Gasteiger partial charge on any atom is -0.461 e. The van der Waals surface area contributed by atoms with Crippen molar-refractivity contribution < 1.29 is 14.0 Å². The van der Waals surface area contributed by atoms with Gasteiger partial charge in [0.25, 0.3) is 5.91 Å². The van der Waals surface area contributed by atoms with Gasteiger partial charge in [-0.1, -0.05) is 18.2 Å². The van der Waals surface area contributed by atoms with Crippen molar-refractivity contribution in [3.8, 4) is 11.3 Å². The van der Waals surface area contributed by atoms with Crippen LogP contribution in [0.1, 0.15) is 35.5 Å². The van der Waals surface area contributed by atoms with E-state index in [9.17, 15) is 9.59 Å². The van der Waals surface area contributed by atoms with E-state index in [0.717, 1.165) is 22.6 Å². The second-order valence-electron chi connectivity index (χ2n) is 8.45. The normalized spacial score (nSPS) is 13.6. The van der Waals surface area contributed by atoms with Gasteiger partial charge in [-0.05, 0) is 56.3 Å². The van der Waals surface area contributed by atoms with Crippen molar-refractivity contribution in [2.24, 2.45) is 5.41 Å². The third-order valence-electron chi connectivity index (χ3n) is 5.55. The highest BCUT2D eigenvalue weighted by Gasteiger charge is 2.27. The van der Waals surface area contributed by atoms with Crippen LogP contribution in [0.3, 0.4) is 0 Å². The topological polar surface area (TPSA) is 62.6 Å². The first kappa shape index (κ1) is 21.2. The number of benzene rings is 2. The molecule has 0 bridgehead atoms. The van der Waals surface area contributed by atoms with E-state index < -0.39 is 5.41 Å². The Labute approximate surface area is 187 Å². The van der Waals surface area contributed by atoms with Crippen molar-refractivity contribution in [1.29, 1.82) is 0 Å². The number of rotatable bonds is 5. The molecule has 160 valence electrons. The minimum atomic E-state index is -0.636. The summed E-state index contributed by atoms with van der Waals surface area (Å²) in [5, 5.41) is 2.90. The summed E-state index contributed by atoms with van der Waals surface area (Å²) in [5.74, 6) is 1.85. The van der Waals surface area contributed by atoms with E-state index in [-0.39, 0.29) is 17.7 Å². The Morgan fingerprint density at radius 3 is 2.48 bits per heavy atom. The fraction of sp³-hybridized carbons (Fsp3) is 0.280. The smallest absolute Gasteiger partial charge is 0.254 e. The molecule has 1 N–H and O–H groups in total. The molecule has 0 spiro atoms. The summed E-state index contributed by atoms with van der Waals surface area (Å²) < 4.78 is 6.08. The van der Waals surface area contributed by atoms with Crippen molar-refractivity contribution in [3.63, 3.8) is 0 Å². The first-order valence-electron chi connectivity index (χ1n) is 10.3. The van der Waals surface area contributed by atoms with Crippen molar-refractivity contribution in [2.45, 2.75) is 26.8 Å². The second kappa shape index (κ2) is 8.60. The molecule has 31 heavy (non-hydrogen) atoms. The number of alkyl halides is 1. The largest absolute Gasteiger partial charge is 0.461 e. The number of furan rings is 1. The van der Waals surface area contributed by atoms with Crippen LogP contribution in [0.2, 0.25) is 0 Å². The summed E-state index contributed by atoms with van der Waals surface area (Å²) in [4.78, 5) is 26.9. The predicted molar refractivity (Wildman–Crippen MR) is 122 cm³/mol. The van der Waals surface area contributed by atoms with E-state index in [1.54, 1.807) is 0 Å². The fourth-order valence-electron chi connectivity index (χ4n) is 3.49. The average molecular weight is 437 g/mol. The van der Waals surface area contributed by atoms with E-state index in [1.807, 2.05) is 79.4 Å². The number of fused-ring (bicyclic) bond motifs is 1. The lowest BCUT2D eigenvalue weighted by atomic mass is 9.95. The predicted octanol–water partition coefficient (Wildman–Crippen LogP) is 5.35. The van der Waals surface area contributed by atoms with Gasteiger partial charge in [0.15, 0.2) is 0 Å². The molecule has 3 aromatic rings. The Balaban J connectivity index is 1.46. The number of anilines is 1. The molecular weight excluding hydrogens is 412 g/mol. The quantitative estimate of drug-likeness (QED) is 0.548. The zero-order valence-electron chi connectivity index (χ0n) is 17.7. The number of carbonyl (C=O) groups excluding carboxylic acids is 2. The van der Waals surface area contributed by atoms with E-state index in [1.165, 1.54) is 0 Å². The average Bonchev–Trinajstić information content (AvgIpc) is 3.23. The summed E-state index contributed by atoms with van der Waals surface area (Å²) in [6.07, 6.45) is 0.690. The number of carbonyl (C=O) groups is 2. The fourth-order valence-corrected chi connectivity index (χ4v) is 3.61. The zero-order valence-corrected chi connectivity index (χ0v) is 18.4. The molecule has 0 saturated heterocycles. The zero-order chi connectivity index (χ0) is 22.0. The molecule has 6 heteroatoms. The molecule has 0 unspecified atom stereocenters. The van der Waals surface area contributed by atoms with Crippen LogP contribution in [0, 0.1) is 5.41 Å². The number of halogens is 1. The highest BCUT2D eigenvalue weighted by Crippen LogP contribution is 2.31. The second-order valence-corrected chi connectivity index (χ2v) is 8.72. The first-order chi connectivity index (χ1) is 14.9. The molecule has 4 rings (SSSR count). The van der Waals surface area contributed by atoms with Gasteiger partial charge in [-0.2, -0.15) is 0 Å². The number of hydrogen-bond acceptors (Lipinski definition) is 3. The van der Waals surface area contributed by atoms with Gasteiger partial charge >= 0.3 is 0 Å². The lowest BCUT2D eigenvalue weighted by Gasteiger charge is -2.26. The van der Waals surface area contributed by atoms with Crippen molar-refractivity contribution >= 4 is 29.1 Å². The Morgan fingerprint density at radius 2 is 1.81 bits per heavy atom. The van der Waals surface area contributed by atoms with E-state index in [4.69, 9.17) is 16.0 Å². The number of nitrogens with zero attached hydrogens (tertiary/aromatic N) is 1. The van der Waals surface area contributed by atoms with Crippen LogP contribution < -0.4 is 5.32 Å². The Kier molecular flexibility index (Phi) is 5.88. The summed E-state index contributed by atoms with van der Waals surface area (Å²) in [6, 6.07) is 18.9. The van der Waals surface area contributed by atoms with Crippen molar-refractivity contribution in [2.75, 3.05) is 17.7 Å². The molecular formula is C25H25ClN2O3.